The number of likely N-dealkylation sites (tertiary alicyclic amines) is 1. The molecule has 0 saturated carbocycles. The fourth-order valence-corrected chi connectivity index (χ4v) is 3.06. The molecule has 1 saturated heterocycles. The van der Waals surface area contributed by atoms with E-state index in [1.807, 2.05) is 0 Å². The summed E-state index contributed by atoms with van der Waals surface area (Å²) in [6, 6.07) is 0. The maximum atomic E-state index is 2.72. The predicted molar refractivity (Wildman–Crippen MR) is 72.4 cm³/mol. The second-order valence-corrected chi connectivity index (χ2v) is 6.06. The topological polar surface area (TPSA) is 3.24 Å². The Morgan fingerprint density at radius 2 is 2.00 bits per heavy atom. The molecule has 0 aliphatic carbocycles. The quantitative estimate of drug-likeness (QED) is 0.549. The zero-order valence-corrected chi connectivity index (χ0v) is 10.9. The van der Waals surface area contributed by atoms with Crippen LogP contribution in [0.5, 0.6) is 0 Å². The van der Waals surface area contributed by atoms with Gasteiger partial charge in [-0.1, -0.05) is 19.2 Å². The van der Waals surface area contributed by atoms with Crippen molar-refractivity contribution in [2.45, 2.75) is 56.7 Å². The minimum Gasteiger partial charge on any atom is -0.308 e. The summed E-state index contributed by atoms with van der Waals surface area (Å²) >= 11 is 0. The first-order valence-corrected chi connectivity index (χ1v) is 6.10. The van der Waals surface area contributed by atoms with Crippen LogP contribution in [0.15, 0.2) is 0 Å². The first-order chi connectivity index (χ1) is 6.32. The molecule has 78 valence electrons. The van der Waals surface area contributed by atoms with Gasteiger partial charge in [0.05, 0.1) is 0 Å². The predicted octanol–water partition coefficient (Wildman–Crippen LogP) is -0.388. The van der Waals surface area contributed by atoms with E-state index < -0.39 is 0 Å². The standard InChI is InChI=1S/C10H24B3N/c1-4-6-9(2,3)14-7-5-8(11)10(14,12)13/h8H,4-7,11-13H2,1-3H3. The highest BCUT2D eigenvalue weighted by atomic mass is 15.2. The van der Waals surface area contributed by atoms with Crippen molar-refractivity contribution in [3.63, 3.8) is 0 Å². The molecule has 0 aromatic heterocycles. The van der Waals surface area contributed by atoms with Gasteiger partial charge in [0.1, 0.15) is 23.5 Å². The molecular weight excluding hydrogens is 167 g/mol. The summed E-state index contributed by atoms with van der Waals surface area (Å²) in [7, 11) is 7.20. The molecule has 0 radical (unpaired) electrons. The van der Waals surface area contributed by atoms with Gasteiger partial charge in [-0.05, 0) is 38.6 Å². The van der Waals surface area contributed by atoms with E-state index in [1.165, 1.54) is 25.8 Å². The Bertz CT molecular complexity index is 204. The van der Waals surface area contributed by atoms with Gasteiger partial charge in [0.15, 0.2) is 0 Å². The van der Waals surface area contributed by atoms with E-state index >= 15 is 0 Å². The molecular formula is C10H24B3N. The van der Waals surface area contributed by atoms with Gasteiger partial charge < -0.3 is 4.90 Å². The lowest BCUT2D eigenvalue weighted by molar-refractivity contribution is 0.111. The van der Waals surface area contributed by atoms with Crippen LogP contribution in [-0.4, -0.2) is 45.9 Å². The lowest BCUT2D eigenvalue weighted by atomic mass is 9.49. The molecule has 1 rings (SSSR count). The van der Waals surface area contributed by atoms with E-state index in [2.05, 4.69) is 49.2 Å². The maximum absolute atomic E-state index is 2.72. The van der Waals surface area contributed by atoms with Crippen molar-refractivity contribution in [1.29, 1.82) is 0 Å². The lowest BCUT2D eigenvalue weighted by Gasteiger charge is -2.46. The molecule has 0 aromatic rings. The summed E-state index contributed by atoms with van der Waals surface area (Å²) in [4.78, 5) is 2.72. The lowest BCUT2D eigenvalue weighted by Crippen LogP contribution is -2.57. The smallest absolute Gasteiger partial charge is 0.116 e. The highest BCUT2D eigenvalue weighted by Crippen LogP contribution is 2.39. The Kier molecular flexibility index (Phi) is 3.46. The summed E-state index contributed by atoms with van der Waals surface area (Å²) in [6.45, 7) is 8.36. The third-order valence-electron chi connectivity index (χ3n) is 4.28. The van der Waals surface area contributed by atoms with Gasteiger partial charge in [0.2, 0.25) is 0 Å². The number of hydrogen-bond donors (Lipinski definition) is 0. The van der Waals surface area contributed by atoms with Crippen molar-refractivity contribution in [2.24, 2.45) is 0 Å². The van der Waals surface area contributed by atoms with E-state index in [0.717, 1.165) is 5.82 Å². The van der Waals surface area contributed by atoms with Crippen LogP contribution in [0.3, 0.4) is 0 Å². The molecule has 14 heavy (non-hydrogen) atoms. The first-order valence-electron chi connectivity index (χ1n) is 6.10. The molecule has 0 bridgehead atoms. The third-order valence-corrected chi connectivity index (χ3v) is 4.28. The molecule has 1 unspecified atom stereocenters. The van der Waals surface area contributed by atoms with Crippen molar-refractivity contribution in [3.05, 3.63) is 0 Å². The van der Waals surface area contributed by atoms with Crippen LogP contribution in [0, 0.1) is 0 Å². The van der Waals surface area contributed by atoms with Crippen LogP contribution < -0.4 is 0 Å². The molecule has 0 aromatic carbocycles. The minimum absolute atomic E-state index is 0.378. The van der Waals surface area contributed by atoms with Crippen LogP contribution in [0.25, 0.3) is 0 Å². The normalized spacial score (nSPS) is 28.1. The molecule has 0 spiro atoms. The van der Waals surface area contributed by atoms with E-state index in [4.69, 9.17) is 0 Å². The van der Waals surface area contributed by atoms with E-state index in [-0.39, 0.29) is 0 Å². The van der Waals surface area contributed by atoms with E-state index in [0.29, 0.717) is 10.9 Å². The zero-order chi connectivity index (χ0) is 11.0. The summed E-state index contributed by atoms with van der Waals surface area (Å²) in [5.74, 6) is 0.832. The van der Waals surface area contributed by atoms with Crippen molar-refractivity contribution < 1.29 is 0 Å². The highest BCUT2D eigenvalue weighted by Gasteiger charge is 2.44. The Morgan fingerprint density at radius 1 is 1.43 bits per heavy atom. The summed E-state index contributed by atoms with van der Waals surface area (Å²) in [5.41, 5.74) is 0.378. The Balaban J connectivity index is 2.78. The molecule has 0 N–H and O–H groups in total. The monoisotopic (exact) mass is 191 g/mol. The maximum Gasteiger partial charge on any atom is 0.116 e. The molecule has 4 heteroatoms. The number of nitrogens with zero attached hydrogens (tertiary/aromatic N) is 1. The minimum atomic E-state index is 0.378. The van der Waals surface area contributed by atoms with Gasteiger partial charge in [-0.2, -0.15) is 0 Å². The SMILES string of the molecule is BC1CCN(C(C)(C)CCC)C1(B)B. The zero-order valence-electron chi connectivity index (χ0n) is 10.9. The Hall–Kier alpha value is 0.155. The molecule has 1 fully saturated rings. The summed E-state index contributed by atoms with van der Waals surface area (Å²) in [5, 5.41) is 0.388. The summed E-state index contributed by atoms with van der Waals surface area (Å²) in [6.07, 6.45) is 3.96. The number of hydrogen-bond acceptors (Lipinski definition) is 1. The van der Waals surface area contributed by atoms with Gasteiger partial charge in [-0.3, -0.25) is 0 Å². The Labute approximate surface area is 92.2 Å². The van der Waals surface area contributed by atoms with Gasteiger partial charge in [0.25, 0.3) is 0 Å². The first kappa shape index (κ1) is 12.2. The van der Waals surface area contributed by atoms with Crippen molar-refractivity contribution in [3.8, 4) is 0 Å². The second-order valence-electron chi connectivity index (χ2n) is 6.06. The van der Waals surface area contributed by atoms with Gasteiger partial charge in [0, 0.05) is 5.54 Å². The third kappa shape index (κ3) is 2.05. The molecule has 1 heterocycles. The van der Waals surface area contributed by atoms with Gasteiger partial charge in [-0.25, -0.2) is 0 Å². The molecule has 1 aliphatic rings. The molecule has 1 aliphatic heterocycles. The van der Waals surface area contributed by atoms with Crippen LogP contribution in [0.2, 0.25) is 5.82 Å². The van der Waals surface area contributed by atoms with E-state index in [9.17, 15) is 0 Å². The summed E-state index contributed by atoms with van der Waals surface area (Å²) < 4.78 is 0. The average molecular weight is 191 g/mol. The van der Waals surface area contributed by atoms with Crippen LogP contribution >= 0.6 is 0 Å². The molecule has 1 nitrogen and oxygen atoms in total. The largest absolute Gasteiger partial charge is 0.308 e. The molecule has 1 atom stereocenters. The van der Waals surface area contributed by atoms with Crippen molar-refractivity contribution >= 4 is 23.5 Å². The van der Waals surface area contributed by atoms with Crippen LogP contribution in [-0.2, 0) is 0 Å². The fraction of sp³-hybridized carbons (Fsp3) is 1.00. The van der Waals surface area contributed by atoms with E-state index in [1.54, 1.807) is 0 Å². The van der Waals surface area contributed by atoms with Gasteiger partial charge >= 0.3 is 0 Å². The van der Waals surface area contributed by atoms with Crippen molar-refractivity contribution in [2.75, 3.05) is 6.54 Å². The second kappa shape index (κ2) is 3.96. The Morgan fingerprint density at radius 3 is 2.36 bits per heavy atom. The van der Waals surface area contributed by atoms with Gasteiger partial charge in [-0.15, -0.1) is 0 Å². The van der Waals surface area contributed by atoms with Crippen molar-refractivity contribution in [1.82, 2.24) is 4.90 Å². The number of rotatable bonds is 3. The molecule has 0 amide bonds. The average Bonchev–Trinajstić information content (AvgIpc) is 2.27. The highest BCUT2D eigenvalue weighted by molar-refractivity contribution is 6.44. The van der Waals surface area contributed by atoms with Crippen LogP contribution in [0.1, 0.15) is 40.0 Å². The van der Waals surface area contributed by atoms with Crippen LogP contribution in [0.4, 0.5) is 0 Å². The fourth-order valence-electron chi connectivity index (χ4n) is 3.06.